The van der Waals surface area contributed by atoms with E-state index in [0.717, 1.165) is 78.0 Å². The minimum atomic E-state index is 0. The zero-order valence-corrected chi connectivity index (χ0v) is 19.8. The number of nitrogens with zero attached hydrogens (tertiary/aromatic N) is 4. The van der Waals surface area contributed by atoms with Crippen LogP contribution in [0.3, 0.4) is 0 Å². The molecule has 0 aromatic rings. The minimum absolute atomic E-state index is 0. The van der Waals surface area contributed by atoms with Crippen LogP contribution in [0.25, 0.3) is 0 Å². The summed E-state index contributed by atoms with van der Waals surface area (Å²) in [6, 6.07) is 0.464. The number of hydrogen-bond donors (Lipinski definition) is 1. The molecular formula is C19H38IN5O2. The molecule has 7 nitrogen and oxygen atoms in total. The Balaban J connectivity index is 0.00000364. The van der Waals surface area contributed by atoms with Crippen LogP contribution < -0.4 is 5.32 Å². The van der Waals surface area contributed by atoms with Gasteiger partial charge < -0.3 is 19.9 Å². The Morgan fingerprint density at radius 3 is 2.19 bits per heavy atom. The number of guanidine groups is 1. The van der Waals surface area contributed by atoms with Crippen molar-refractivity contribution >= 4 is 35.8 Å². The first-order valence-corrected chi connectivity index (χ1v) is 10.1. The van der Waals surface area contributed by atoms with Crippen molar-refractivity contribution in [2.45, 2.75) is 40.2 Å². The fourth-order valence-corrected chi connectivity index (χ4v) is 3.68. The molecule has 1 amide bonds. The number of rotatable bonds is 6. The van der Waals surface area contributed by atoms with Gasteiger partial charge in [-0.15, -0.1) is 24.0 Å². The van der Waals surface area contributed by atoms with Gasteiger partial charge >= 0.3 is 0 Å². The smallest absolute Gasteiger partial charge is 0.219 e. The molecule has 1 N–H and O–H groups in total. The van der Waals surface area contributed by atoms with Crippen LogP contribution in [0.1, 0.15) is 34.1 Å². The van der Waals surface area contributed by atoms with Crippen molar-refractivity contribution in [3.8, 4) is 0 Å². The molecule has 0 saturated carbocycles. The second-order valence-corrected chi connectivity index (χ2v) is 7.62. The SMILES string of the molecule is CCNC(=NCC(CC(C)C)N1CCOCC1)N1CCN(C(C)=O)CC1.I. The lowest BCUT2D eigenvalue weighted by atomic mass is 10.0. The molecule has 2 saturated heterocycles. The fourth-order valence-electron chi connectivity index (χ4n) is 3.68. The number of halogens is 1. The molecule has 2 aliphatic rings. The Hall–Kier alpha value is -0.610. The third-order valence-electron chi connectivity index (χ3n) is 5.12. The third-order valence-corrected chi connectivity index (χ3v) is 5.12. The van der Waals surface area contributed by atoms with E-state index in [2.05, 4.69) is 35.9 Å². The molecule has 2 aliphatic heterocycles. The topological polar surface area (TPSA) is 60.4 Å². The van der Waals surface area contributed by atoms with Gasteiger partial charge in [0.25, 0.3) is 0 Å². The summed E-state index contributed by atoms with van der Waals surface area (Å²) in [6.45, 7) is 16.9. The number of aliphatic imine (C=N–C) groups is 1. The summed E-state index contributed by atoms with van der Waals surface area (Å²) in [5.74, 6) is 1.80. The van der Waals surface area contributed by atoms with Crippen LogP contribution in [0.2, 0.25) is 0 Å². The molecule has 0 aromatic carbocycles. The quantitative estimate of drug-likeness (QED) is 0.344. The fraction of sp³-hybridized carbons (Fsp3) is 0.895. The molecule has 2 fully saturated rings. The van der Waals surface area contributed by atoms with Crippen LogP contribution in [0.15, 0.2) is 4.99 Å². The van der Waals surface area contributed by atoms with E-state index in [0.29, 0.717) is 12.0 Å². The average Bonchev–Trinajstić information content (AvgIpc) is 2.64. The number of carbonyl (C=O) groups is 1. The van der Waals surface area contributed by atoms with Gasteiger partial charge in [0, 0.05) is 58.8 Å². The van der Waals surface area contributed by atoms with E-state index >= 15 is 0 Å². The van der Waals surface area contributed by atoms with Gasteiger partial charge in [-0.05, 0) is 19.3 Å². The summed E-state index contributed by atoms with van der Waals surface area (Å²) >= 11 is 0. The zero-order valence-electron chi connectivity index (χ0n) is 17.4. The molecule has 158 valence electrons. The van der Waals surface area contributed by atoms with Gasteiger partial charge in [0.2, 0.25) is 5.91 Å². The van der Waals surface area contributed by atoms with Crippen molar-refractivity contribution in [2.24, 2.45) is 10.9 Å². The van der Waals surface area contributed by atoms with Crippen molar-refractivity contribution in [2.75, 3.05) is 65.6 Å². The van der Waals surface area contributed by atoms with E-state index in [9.17, 15) is 4.79 Å². The van der Waals surface area contributed by atoms with E-state index in [1.165, 1.54) is 0 Å². The highest BCUT2D eigenvalue weighted by Crippen LogP contribution is 2.14. The van der Waals surface area contributed by atoms with Gasteiger partial charge in [0.15, 0.2) is 5.96 Å². The van der Waals surface area contributed by atoms with Gasteiger partial charge in [-0.2, -0.15) is 0 Å². The number of amides is 1. The Labute approximate surface area is 181 Å². The first-order chi connectivity index (χ1) is 12.5. The molecule has 0 radical (unpaired) electrons. The van der Waals surface area contributed by atoms with Gasteiger partial charge in [0.05, 0.1) is 19.8 Å². The number of ether oxygens (including phenoxy) is 1. The van der Waals surface area contributed by atoms with Crippen LogP contribution in [-0.4, -0.2) is 98.2 Å². The molecule has 27 heavy (non-hydrogen) atoms. The van der Waals surface area contributed by atoms with Crippen LogP contribution >= 0.6 is 24.0 Å². The Morgan fingerprint density at radius 2 is 1.67 bits per heavy atom. The number of morpholine rings is 1. The number of hydrogen-bond acceptors (Lipinski definition) is 4. The average molecular weight is 495 g/mol. The van der Waals surface area contributed by atoms with E-state index in [-0.39, 0.29) is 29.9 Å². The summed E-state index contributed by atoms with van der Waals surface area (Å²) in [5.41, 5.74) is 0. The van der Waals surface area contributed by atoms with E-state index in [1.54, 1.807) is 6.92 Å². The molecule has 1 unspecified atom stereocenters. The summed E-state index contributed by atoms with van der Waals surface area (Å²) in [6.07, 6.45) is 1.15. The summed E-state index contributed by atoms with van der Waals surface area (Å²) in [4.78, 5) is 23.3. The lowest BCUT2D eigenvalue weighted by Crippen LogP contribution is -2.53. The summed E-state index contributed by atoms with van der Waals surface area (Å²) < 4.78 is 5.51. The minimum Gasteiger partial charge on any atom is -0.379 e. The third kappa shape index (κ3) is 8.11. The van der Waals surface area contributed by atoms with Crippen LogP contribution in [0, 0.1) is 5.92 Å². The molecular weight excluding hydrogens is 457 g/mol. The maximum Gasteiger partial charge on any atom is 0.219 e. The van der Waals surface area contributed by atoms with E-state index in [4.69, 9.17) is 9.73 Å². The maximum atomic E-state index is 11.5. The Morgan fingerprint density at radius 1 is 1.07 bits per heavy atom. The molecule has 0 spiro atoms. The standard InChI is InChI=1S/C19H37N5O2.HI/c1-5-20-19(24-8-6-22(7-9-24)17(4)25)21-15-18(14-16(2)3)23-10-12-26-13-11-23;/h16,18H,5-15H2,1-4H3,(H,20,21);1H. The predicted molar refractivity (Wildman–Crippen MR) is 121 cm³/mol. The van der Waals surface area contributed by atoms with Crippen LogP contribution in [0.4, 0.5) is 0 Å². The van der Waals surface area contributed by atoms with Gasteiger partial charge in [0.1, 0.15) is 0 Å². The largest absolute Gasteiger partial charge is 0.379 e. The van der Waals surface area contributed by atoms with E-state index in [1.807, 2.05) is 4.90 Å². The highest BCUT2D eigenvalue weighted by atomic mass is 127. The molecule has 0 aliphatic carbocycles. The molecule has 0 bridgehead atoms. The van der Waals surface area contributed by atoms with Crippen LogP contribution in [-0.2, 0) is 9.53 Å². The molecule has 1 atom stereocenters. The lowest BCUT2D eigenvalue weighted by molar-refractivity contribution is -0.130. The first kappa shape index (κ1) is 24.4. The van der Waals surface area contributed by atoms with Crippen molar-refractivity contribution < 1.29 is 9.53 Å². The van der Waals surface area contributed by atoms with Gasteiger partial charge in [-0.25, -0.2) is 0 Å². The van der Waals surface area contributed by atoms with Crippen molar-refractivity contribution in [1.82, 2.24) is 20.0 Å². The van der Waals surface area contributed by atoms with Gasteiger partial charge in [-0.3, -0.25) is 14.7 Å². The molecule has 2 heterocycles. The Kier molecular flexibility index (Phi) is 11.6. The number of piperazine rings is 1. The second-order valence-electron chi connectivity index (χ2n) is 7.62. The van der Waals surface area contributed by atoms with E-state index < -0.39 is 0 Å². The molecule has 8 heteroatoms. The predicted octanol–water partition coefficient (Wildman–Crippen LogP) is 1.48. The normalized spacial score (nSPS) is 20.4. The van der Waals surface area contributed by atoms with Crippen molar-refractivity contribution in [1.29, 1.82) is 0 Å². The van der Waals surface area contributed by atoms with Crippen molar-refractivity contribution in [3.63, 3.8) is 0 Å². The highest BCUT2D eigenvalue weighted by molar-refractivity contribution is 14.0. The Bertz CT molecular complexity index is 461. The molecule has 0 aromatic heterocycles. The van der Waals surface area contributed by atoms with Gasteiger partial charge in [-0.1, -0.05) is 13.8 Å². The summed E-state index contributed by atoms with van der Waals surface area (Å²) in [7, 11) is 0. The zero-order chi connectivity index (χ0) is 18.9. The lowest BCUT2D eigenvalue weighted by Gasteiger charge is -2.37. The molecule has 2 rings (SSSR count). The highest BCUT2D eigenvalue weighted by Gasteiger charge is 2.24. The number of carbonyl (C=O) groups excluding carboxylic acids is 1. The first-order valence-electron chi connectivity index (χ1n) is 10.1. The second kappa shape index (κ2) is 12.8. The van der Waals surface area contributed by atoms with Crippen molar-refractivity contribution in [3.05, 3.63) is 0 Å². The monoisotopic (exact) mass is 495 g/mol. The van der Waals surface area contributed by atoms with Crippen LogP contribution in [0.5, 0.6) is 0 Å². The summed E-state index contributed by atoms with van der Waals surface area (Å²) in [5, 5.41) is 3.44. The number of nitrogens with one attached hydrogen (secondary N) is 1. The maximum absolute atomic E-state index is 11.5.